The monoisotopic (exact) mass is 349 g/mol. The maximum absolute atomic E-state index is 12.7. The van der Waals surface area contributed by atoms with Gasteiger partial charge in [0.1, 0.15) is 0 Å². The molecular formula is C19H27NO5. The molecule has 1 aromatic rings. The van der Waals surface area contributed by atoms with E-state index >= 15 is 0 Å². The standard InChI is InChI=1S/C19H27NO5/c1-12(2)5-6-18(21)20-8-7-13-9-16(24-3)17(25-4)10-14(13)15(20)11-19(22)23/h9-10,12,15H,5-8,11H2,1-4H3,(H,22,23). The number of hydrogen-bond acceptors (Lipinski definition) is 4. The Morgan fingerprint density at radius 1 is 1.24 bits per heavy atom. The third-order valence-electron chi connectivity index (χ3n) is 4.63. The van der Waals surface area contributed by atoms with Crippen LogP contribution in [0.5, 0.6) is 11.5 Å². The van der Waals surface area contributed by atoms with Crippen molar-refractivity contribution in [2.24, 2.45) is 5.92 Å². The first kappa shape index (κ1) is 19.1. The van der Waals surface area contributed by atoms with Gasteiger partial charge in [0.25, 0.3) is 0 Å². The van der Waals surface area contributed by atoms with Crippen LogP contribution in [0, 0.1) is 5.92 Å². The number of ether oxygens (including phenoxy) is 2. The number of carbonyl (C=O) groups excluding carboxylic acids is 1. The van der Waals surface area contributed by atoms with Gasteiger partial charge in [0.2, 0.25) is 5.91 Å². The van der Waals surface area contributed by atoms with E-state index in [1.165, 1.54) is 0 Å². The van der Waals surface area contributed by atoms with Crippen molar-refractivity contribution in [2.45, 2.75) is 45.6 Å². The van der Waals surface area contributed by atoms with E-state index in [-0.39, 0.29) is 12.3 Å². The average molecular weight is 349 g/mol. The summed E-state index contributed by atoms with van der Waals surface area (Å²) < 4.78 is 10.7. The van der Waals surface area contributed by atoms with Crippen molar-refractivity contribution < 1.29 is 24.2 Å². The number of carbonyl (C=O) groups is 2. The number of nitrogens with zero attached hydrogens (tertiary/aromatic N) is 1. The molecule has 0 fully saturated rings. The number of hydrogen-bond donors (Lipinski definition) is 1. The lowest BCUT2D eigenvalue weighted by molar-refractivity contribution is -0.141. The Bertz CT molecular complexity index is 641. The molecule has 2 rings (SSSR count). The molecule has 6 heteroatoms. The van der Waals surface area contributed by atoms with Crippen LogP contribution in [-0.2, 0) is 16.0 Å². The van der Waals surface area contributed by atoms with Crippen molar-refractivity contribution in [3.8, 4) is 11.5 Å². The Hall–Kier alpha value is -2.24. The van der Waals surface area contributed by atoms with Crippen molar-refractivity contribution in [1.29, 1.82) is 0 Å². The van der Waals surface area contributed by atoms with E-state index in [9.17, 15) is 14.7 Å². The van der Waals surface area contributed by atoms with Gasteiger partial charge < -0.3 is 19.5 Å². The third-order valence-corrected chi connectivity index (χ3v) is 4.63. The number of amides is 1. The minimum absolute atomic E-state index is 0.0142. The summed E-state index contributed by atoms with van der Waals surface area (Å²) in [4.78, 5) is 25.8. The summed E-state index contributed by atoms with van der Waals surface area (Å²) in [7, 11) is 3.12. The zero-order valence-corrected chi connectivity index (χ0v) is 15.4. The number of rotatable bonds is 7. The van der Waals surface area contributed by atoms with Gasteiger partial charge in [-0.2, -0.15) is 0 Å². The summed E-state index contributed by atoms with van der Waals surface area (Å²) in [6, 6.07) is 3.23. The highest BCUT2D eigenvalue weighted by Crippen LogP contribution is 2.39. The second-order valence-corrected chi connectivity index (χ2v) is 6.79. The second kappa shape index (κ2) is 8.23. The second-order valence-electron chi connectivity index (χ2n) is 6.79. The lowest BCUT2D eigenvalue weighted by atomic mass is 9.89. The number of methoxy groups -OCH3 is 2. The maximum Gasteiger partial charge on any atom is 0.305 e. The van der Waals surface area contributed by atoms with Crippen molar-refractivity contribution in [2.75, 3.05) is 20.8 Å². The Kier molecular flexibility index (Phi) is 6.28. The molecule has 0 saturated carbocycles. The molecule has 1 amide bonds. The summed E-state index contributed by atoms with van der Waals surface area (Å²) in [5.74, 6) is 0.695. The van der Waals surface area contributed by atoms with E-state index in [0.717, 1.165) is 17.5 Å². The molecule has 1 aliphatic heterocycles. The molecular weight excluding hydrogens is 322 g/mol. The van der Waals surface area contributed by atoms with Crippen LogP contribution in [0.1, 0.15) is 50.3 Å². The summed E-state index contributed by atoms with van der Waals surface area (Å²) in [6.45, 7) is 4.67. The number of fused-ring (bicyclic) bond motifs is 1. The van der Waals surface area contributed by atoms with Crippen LogP contribution in [0.15, 0.2) is 12.1 Å². The zero-order valence-electron chi connectivity index (χ0n) is 15.4. The van der Waals surface area contributed by atoms with Crippen LogP contribution in [-0.4, -0.2) is 42.6 Å². The number of benzene rings is 1. The topological polar surface area (TPSA) is 76.1 Å². The van der Waals surface area contributed by atoms with E-state index < -0.39 is 12.0 Å². The molecule has 1 unspecified atom stereocenters. The van der Waals surface area contributed by atoms with Gasteiger partial charge in [0, 0.05) is 13.0 Å². The molecule has 0 saturated heterocycles. The van der Waals surface area contributed by atoms with Crippen LogP contribution in [0.3, 0.4) is 0 Å². The first-order valence-corrected chi connectivity index (χ1v) is 8.63. The van der Waals surface area contributed by atoms with Crippen LogP contribution < -0.4 is 9.47 Å². The van der Waals surface area contributed by atoms with Crippen LogP contribution in [0.4, 0.5) is 0 Å². The van der Waals surface area contributed by atoms with Crippen LogP contribution in [0.25, 0.3) is 0 Å². The van der Waals surface area contributed by atoms with Crippen LogP contribution >= 0.6 is 0 Å². The van der Waals surface area contributed by atoms with Gasteiger partial charge in [-0.05, 0) is 42.0 Å². The van der Waals surface area contributed by atoms with E-state index in [1.807, 2.05) is 12.1 Å². The van der Waals surface area contributed by atoms with Crippen molar-refractivity contribution in [1.82, 2.24) is 4.90 Å². The smallest absolute Gasteiger partial charge is 0.305 e. The number of carboxylic acids is 1. The zero-order chi connectivity index (χ0) is 18.6. The van der Waals surface area contributed by atoms with Crippen molar-refractivity contribution >= 4 is 11.9 Å². The molecule has 6 nitrogen and oxygen atoms in total. The largest absolute Gasteiger partial charge is 0.493 e. The van der Waals surface area contributed by atoms with E-state index in [4.69, 9.17) is 9.47 Å². The third kappa shape index (κ3) is 4.44. The first-order chi connectivity index (χ1) is 11.9. The molecule has 0 aromatic heterocycles. The van der Waals surface area contributed by atoms with Gasteiger partial charge >= 0.3 is 5.97 Å². The molecule has 0 spiro atoms. The van der Waals surface area contributed by atoms with Gasteiger partial charge in [-0.25, -0.2) is 0 Å². The first-order valence-electron chi connectivity index (χ1n) is 8.63. The highest BCUT2D eigenvalue weighted by atomic mass is 16.5. The van der Waals surface area contributed by atoms with E-state index in [2.05, 4.69) is 13.8 Å². The van der Waals surface area contributed by atoms with Crippen molar-refractivity contribution in [3.63, 3.8) is 0 Å². The highest BCUT2D eigenvalue weighted by molar-refractivity contribution is 5.78. The molecule has 1 aliphatic rings. The van der Waals surface area contributed by atoms with Crippen molar-refractivity contribution in [3.05, 3.63) is 23.3 Å². The molecule has 0 bridgehead atoms. The fourth-order valence-electron chi connectivity index (χ4n) is 3.27. The molecule has 1 atom stereocenters. The Morgan fingerprint density at radius 3 is 2.44 bits per heavy atom. The summed E-state index contributed by atoms with van der Waals surface area (Å²) in [6.07, 6.45) is 1.81. The quantitative estimate of drug-likeness (QED) is 0.819. The summed E-state index contributed by atoms with van der Waals surface area (Å²) >= 11 is 0. The highest BCUT2D eigenvalue weighted by Gasteiger charge is 2.33. The molecule has 25 heavy (non-hydrogen) atoms. The lowest BCUT2D eigenvalue weighted by Gasteiger charge is -2.37. The Balaban J connectivity index is 2.37. The maximum atomic E-state index is 12.7. The summed E-state index contributed by atoms with van der Waals surface area (Å²) in [5, 5.41) is 9.34. The SMILES string of the molecule is COc1cc2c(cc1OC)C(CC(=O)O)N(C(=O)CCC(C)C)CC2. The molecule has 1 heterocycles. The predicted molar refractivity (Wildman–Crippen MR) is 94.0 cm³/mol. The van der Waals surface area contributed by atoms with E-state index in [1.54, 1.807) is 19.1 Å². The lowest BCUT2D eigenvalue weighted by Crippen LogP contribution is -2.41. The Morgan fingerprint density at radius 2 is 1.88 bits per heavy atom. The molecule has 138 valence electrons. The molecule has 0 radical (unpaired) electrons. The van der Waals surface area contributed by atoms with Gasteiger partial charge in [-0.15, -0.1) is 0 Å². The molecule has 1 aromatic carbocycles. The number of carboxylic acid groups (broad SMARTS) is 1. The average Bonchev–Trinajstić information content (AvgIpc) is 2.58. The van der Waals surface area contributed by atoms with E-state index in [0.29, 0.717) is 36.8 Å². The van der Waals surface area contributed by atoms with Gasteiger partial charge in [-0.3, -0.25) is 9.59 Å². The Labute approximate surface area is 148 Å². The normalized spacial score (nSPS) is 16.5. The van der Waals surface area contributed by atoms with Gasteiger partial charge in [0.05, 0.1) is 26.7 Å². The minimum Gasteiger partial charge on any atom is -0.493 e. The summed E-state index contributed by atoms with van der Waals surface area (Å²) in [5.41, 5.74) is 1.85. The fourth-order valence-corrected chi connectivity index (χ4v) is 3.27. The predicted octanol–water partition coefficient (Wildman–Crippen LogP) is 3.04. The van der Waals surface area contributed by atoms with Crippen LogP contribution in [0.2, 0.25) is 0 Å². The molecule has 0 aliphatic carbocycles. The number of aliphatic carboxylic acids is 1. The minimum atomic E-state index is -0.922. The van der Waals surface area contributed by atoms with Gasteiger partial charge in [-0.1, -0.05) is 13.8 Å². The fraction of sp³-hybridized carbons (Fsp3) is 0.579. The molecule has 1 N–H and O–H groups in total. The van der Waals surface area contributed by atoms with Gasteiger partial charge in [0.15, 0.2) is 11.5 Å².